The van der Waals surface area contributed by atoms with Gasteiger partial charge >= 0.3 is 0 Å². The fourth-order valence-electron chi connectivity index (χ4n) is 0.850. The third-order valence-electron chi connectivity index (χ3n) is 1.52. The molecule has 0 aliphatic carbocycles. The van der Waals surface area contributed by atoms with Crippen LogP contribution in [0.25, 0.3) is 0 Å². The van der Waals surface area contributed by atoms with Gasteiger partial charge in [-0.1, -0.05) is 18.2 Å². The fourth-order valence-corrected chi connectivity index (χ4v) is 0.850. The second-order valence-corrected chi connectivity index (χ2v) is 3.03. The zero-order valence-corrected chi connectivity index (χ0v) is 10.4. The van der Waals surface area contributed by atoms with Crippen LogP contribution in [0.3, 0.4) is 0 Å². The van der Waals surface area contributed by atoms with E-state index in [1.165, 1.54) is 11.6 Å². The van der Waals surface area contributed by atoms with Gasteiger partial charge in [-0.3, -0.25) is 5.73 Å². The van der Waals surface area contributed by atoms with Crippen LogP contribution in [0.5, 0.6) is 0 Å². The molecule has 6 nitrogen and oxygen atoms in total. The number of H-pyrrole nitrogens is 1. The van der Waals surface area contributed by atoms with Crippen LogP contribution in [0.4, 0.5) is 5.82 Å². The van der Waals surface area contributed by atoms with Crippen molar-refractivity contribution in [3.05, 3.63) is 48.2 Å². The number of carboxylic acids is 1. The van der Waals surface area contributed by atoms with E-state index < -0.39 is 5.97 Å². The summed E-state index contributed by atoms with van der Waals surface area (Å²) < 4.78 is 0. The normalized spacial score (nSPS) is 9.00. The van der Waals surface area contributed by atoms with Crippen molar-refractivity contribution in [3.63, 3.8) is 0 Å². The summed E-state index contributed by atoms with van der Waals surface area (Å²) in [5.41, 5.74) is 6.58. The molecule has 102 valence electrons. The molecule has 0 amide bonds. The van der Waals surface area contributed by atoms with Crippen LogP contribution in [-0.2, 0) is 4.79 Å². The predicted molar refractivity (Wildman–Crippen MR) is 68.3 cm³/mol. The van der Waals surface area contributed by atoms with Crippen LogP contribution < -0.4 is 15.8 Å². The number of nitrogens with two attached hydrogens (primary N) is 1. The highest BCUT2D eigenvalue weighted by Crippen LogP contribution is 1.94. The lowest BCUT2D eigenvalue weighted by molar-refractivity contribution is -0.360. The number of carboxylic acid groups (broad SMARTS) is 1. The molecule has 0 bridgehead atoms. The average Bonchev–Trinajstić information content (AvgIpc) is 2.18. The molecule has 0 aromatic carbocycles. The summed E-state index contributed by atoms with van der Waals surface area (Å²) in [6.45, 7) is 3.81. The molecule has 0 radical (unpaired) electrons. The zero-order chi connectivity index (χ0) is 12.4. The lowest BCUT2D eigenvalue weighted by Gasteiger charge is -1.85. The Hall–Kier alpha value is -2.18. The van der Waals surface area contributed by atoms with Crippen LogP contribution in [0, 0.1) is 6.92 Å². The number of anilines is 1. The van der Waals surface area contributed by atoms with E-state index in [9.17, 15) is 9.90 Å². The van der Waals surface area contributed by atoms with Crippen molar-refractivity contribution in [2.45, 2.75) is 13.8 Å². The number of nitrogen functional groups attached to an aromatic ring is 1. The van der Waals surface area contributed by atoms with Crippen LogP contribution >= 0.6 is 0 Å². The number of aryl methyl sites for hydroxylation is 1. The molecule has 1 heterocycles. The second-order valence-electron chi connectivity index (χ2n) is 3.03. The lowest BCUT2D eigenvalue weighted by atomic mass is 10.3. The van der Waals surface area contributed by atoms with Crippen molar-refractivity contribution >= 4 is 11.8 Å². The molecule has 18 heavy (non-hydrogen) atoms. The zero-order valence-electron chi connectivity index (χ0n) is 10.4. The minimum atomic E-state index is -1.16. The lowest BCUT2D eigenvalue weighted by Crippen LogP contribution is -2.18. The van der Waals surface area contributed by atoms with Gasteiger partial charge in [0.05, 0.1) is 12.2 Å². The van der Waals surface area contributed by atoms with Crippen molar-refractivity contribution < 1.29 is 25.8 Å². The molecule has 0 aliphatic rings. The molecule has 7 N–H and O–H groups in total. The predicted octanol–water partition coefficient (Wildman–Crippen LogP) is -1.39. The Balaban J connectivity index is -0.000000225. The minimum Gasteiger partial charge on any atom is -0.545 e. The van der Waals surface area contributed by atoms with Crippen LogP contribution in [0.15, 0.2) is 42.6 Å². The van der Waals surface area contributed by atoms with Crippen molar-refractivity contribution in [3.8, 4) is 0 Å². The van der Waals surface area contributed by atoms with Gasteiger partial charge < -0.3 is 20.9 Å². The number of nitrogens with one attached hydrogen (secondary N) is 1. The second kappa shape index (κ2) is 12.9. The van der Waals surface area contributed by atoms with Crippen molar-refractivity contribution in [1.29, 1.82) is 0 Å². The molecule has 0 saturated carbocycles. The van der Waals surface area contributed by atoms with Gasteiger partial charge in [-0.2, -0.15) is 0 Å². The van der Waals surface area contributed by atoms with Gasteiger partial charge in [0.2, 0.25) is 0 Å². The number of hydrogen-bond donors (Lipinski definition) is 1. The summed E-state index contributed by atoms with van der Waals surface area (Å²) in [5, 5.41) is 9.64. The van der Waals surface area contributed by atoms with Gasteiger partial charge in [0.25, 0.3) is 5.82 Å². The van der Waals surface area contributed by atoms with E-state index in [-0.39, 0.29) is 11.0 Å². The quantitative estimate of drug-likeness (QED) is 0.513. The van der Waals surface area contributed by atoms with E-state index in [1.807, 2.05) is 25.3 Å². The third kappa shape index (κ3) is 13.8. The Morgan fingerprint density at radius 2 is 2.00 bits per heavy atom. The van der Waals surface area contributed by atoms with E-state index in [4.69, 9.17) is 5.73 Å². The maximum Gasteiger partial charge on any atom is 0.270 e. The van der Waals surface area contributed by atoms with Crippen molar-refractivity contribution in [2.75, 3.05) is 5.73 Å². The summed E-state index contributed by atoms with van der Waals surface area (Å²) >= 11 is 0. The van der Waals surface area contributed by atoms with Crippen LogP contribution in [0.2, 0.25) is 0 Å². The Morgan fingerprint density at radius 3 is 2.33 bits per heavy atom. The number of aromatic amines is 1. The van der Waals surface area contributed by atoms with Gasteiger partial charge in [0.1, 0.15) is 0 Å². The molecule has 0 unspecified atom stereocenters. The third-order valence-corrected chi connectivity index (χ3v) is 1.52. The molecular weight excluding hydrogens is 236 g/mol. The molecule has 0 spiro atoms. The average molecular weight is 256 g/mol. The monoisotopic (exact) mass is 256 g/mol. The first kappa shape index (κ1) is 21.1. The fraction of sp³-hybridized carbons (Fsp3) is 0.167. The summed E-state index contributed by atoms with van der Waals surface area (Å²) in [6, 6.07) is 3.86. The summed E-state index contributed by atoms with van der Waals surface area (Å²) in [5.74, 6) is -0.451. The van der Waals surface area contributed by atoms with Crippen molar-refractivity contribution in [1.82, 2.24) is 0 Å². The molecule has 1 rings (SSSR count). The first-order valence-electron chi connectivity index (χ1n) is 4.80. The highest BCUT2D eigenvalue weighted by atomic mass is 16.4. The van der Waals surface area contributed by atoms with Gasteiger partial charge in [0, 0.05) is 6.07 Å². The number of carbonyl (C=O) groups excluding carboxylic acids is 1. The number of carbonyl (C=O) groups is 1. The van der Waals surface area contributed by atoms with Gasteiger partial charge in [-0.05, 0) is 31.6 Å². The molecule has 1 aromatic rings. The van der Waals surface area contributed by atoms with Gasteiger partial charge in [0.15, 0.2) is 0 Å². The van der Waals surface area contributed by atoms with Gasteiger partial charge in [-0.15, -0.1) is 0 Å². The van der Waals surface area contributed by atoms with E-state index in [0.29, 0.717) is 5.82 Å². The Labute approximate surface area is 106 Å². The van der Waals surface area contributed by atoms with Gasteiger partial charge in [-0.25, -0.2) is 4.98 Å². The Morgan fingerprint density at radius 1 is 1.39 bits per heavy atom. The number of aromatic nitrogens is 1. The number of pyridine rings is 1. The molecule has 0 fully saturated rings. The van der Waals surface area contributed by atoms with E-state index in [2.05, 4.69) is 4.98 Å². The van der Waals surface area contributed by atoms with E-state index in [1.54, 1.807) is 19.1 Å². The first-order valence-corrected chi connectivity index (χ1v) is 4.80. The first-order chi connectivity index (χ1) is 7.56. The molecule has 6 heteroatoms. The number of allylic oxidation sites excluding steroid dienone is 3. The smallest absolute Gasteiger partial charge is 0.270 e. The maximum absolute atomic E-state index is 9.64. The highest BCUT2D eigenvalue weighted by molar-refractivity contribution is 5.77. The molecule has 0 atom stereocenters. The summed E-state index contributed by atoms with van der Waals surface area (Å²) in [4.78, 5) is 12.5. The maximum atomic E-state index is 9.64. The topological polar surface area (TPSA) is 143 Å². The summed E-state index contributed by atoms with van der Waals surface area (Å²) in [7, 11) is 0. The standard InChI is InChI=1S/C6H8N2.C6H8O2.2H2O/c1-5-2-3-8-6(7)4-5;1-2-3-4-5-6(7)8;;/h2-4H,1H3,(H2,7,8);2-5H,1H3,(H,7,8);2*1H2/b;3-2+,5-4+;;. The Bertz CT molecular complexity index is 372. The van der Waals surface area contributed by atoms with E-state index in [0.717, 1.165) is 6.08 Å². The molecular formula is C12H20N2O4. The Kier molecular flexibility index (Phi) is 15.1. The van der Waals surface area contributed by atoms with Crippen LogP contribution in [-0.4, -0.2) is 16.9 Å². The number of hydrogen-bond acceptors (Lipinski definition) is 3. The number of aliphatic carboxylic acids is 1. The van der Waals surface area contributed by atoms with Crippen molar-refractivity contribution in [2.24, 2.45) is 0 Å². The van der Waals surface area contributed by atoms with Crippen LogP contribution in [0.1, 0.15) is 12.5 Å². The molecule has 0 aliphatic heterocycles. The highest BCUT2D eigenvalue weighted by Gasteiger charge is 1.88. The molecule has 1 aromatic heterocycles. The molecule has 0 saturated heterocycles. The number of rotatable bonds is 2. The largest absolute Gasteiger partial charge is 0.545 e. The van der Waals surface area contributed by atoms with E-state index >= 15 is 0 Å². The minimum absolute atomic E-state index is 0. The summed E-state index contributed by atoms with van der Waals surface area (Å²) in [6.07, 6.45) is 7.56. The SMILES string of the molecule is C/C=C/C=C/C(=O)[O-].Cc1cc[nH+]c(N)c1.O.O.